The number of hydrogen-bond acceptors (Lipinski definition) is 4. The summed E-state index contributed by atoms with van der Waals surface area (Å²) in [5.74, 6) is 0. The van der Waals surface area contributed by atoms with Gasteiger partial charge in [0.25, 0.3) is 0 Å². The van der Waals surface area contributed by atoms with Crippen LogP contribution in [0.1, 0.15) is 17.0 Å². The molecule has 0 aliphatic carbocycles. The molecule has 1 N–H and O–H groups in total. The third-order valence-corrected chi connectivity index (χ3v) is 6.32. The highest BCUT2D eigenvalue weighted by atomic mass is 35.5. The monoisotopic (exact) mass is 333 g/mol. The lowest BCUT2D eigenvalue weighted by atomic mass is 10.1. The molecule has 0 saturated heterocycles. The summed E-state index contributed by atoms with van der Waals surface area (Å²) in [6, 6.07) is 3.09. The number of nitrogens with zero attached hydrogens (tertiary/aromatic N) is 2. The highest BCUT2D eigenvalue weighted by molar-refractivity contribution is 7.91. The van der Waals surface area contributed by atoms with Gasteiger partial charge in [0.1, 0.15) is 4.21 Å². The van der Waals surface area contributed by atoms with Gasteiger partial charge in [0.15, 0.2) is 0 Å². The van der Waals surface area contributed by atoms with Crippen LogP contribution in [0.3, 0.4) is 0 Å². The molecule has 0 unspecified atom stereocenters. The standard InChI is InChI=1S/C12H16ClN3O2S2/c1-8-10(9(2)16(3)15-8)6-7-14-20(17,18)12-5-4-11(13)19-12/h4-5,14H,6-7H2,1-3H3. The van der Waals surface area contributed by atoms with Crippen LogP contribution in [-0.4, -0.2) is 24.7 Å². The molecule has 8 heteroatoms. The first-order valence-electron chi connectivity index (χ1n) is 6.05. The lowest BCUT2D eigenvalue weighted by Gasteiger charge is -2.05. The normalized spacial score (nSPS) is 12.0. The molecular formula is C12H16ClN3O2S2. The van der Waals surface area contributed by atoms with Crippen molar-refractivity contribution in [1.82, 2.24) is 14.5 Å². The van der Waals surface area contributed by atoms with Gasteiger partial charge in [-0.2, -0.15) is 5.10 Å². The lowest BCUT2D eigenvalue weighted by Crippen LogP contribution is -2.25. The van der Waals surface area contributed by atoms with E-state index in [0.29, 0.717) is 17.3 Å². The molecule has 0 atom stereocenters. The van der Waals surface area contributed by atoms with Crippen LogP contribution in [0.4, 0.5) is 0 Å². The molecule has 0 saturated carbocycles. The van der Waals surface area contributed by atoms with Gasteiger partial charge in [-0.25, -0.2) is 13.1 Å². The molecule has 0 radical (unpaired) electrons. The molecule has 0 aromatic carbocycles. The Morgan fingerprint density at radius 2 is 2.10 bits per heavy atom. The summed E-state index contributed by atoms with van der Waals surface area (Å²) in [6.07, 6.45) is 0.615. The lowest BCUT2D eigenvalue weighted by molar-refractivity contribution is 0.583. The summed E-state index contributed by atoms with van der Waals surface area (Å²) in [7, 11) is -1.59. The Labute approximate surface area is 127 Å². The van der Waals surface area contributed by atoms with E-state index >= 15 is 0 Å². The SMILES string of the molecule is Cc1nn(C)c(C)c1CCNS(=O)(=O)c1ccc(Cl)s1. The van der Waals surface area contributed by atoms with Gasteiger partial charge in [0, 0.05) is 19.3 Å². The number of sulfonamides is 1. The first-order valence-corrected chi connectivity index (χ1v) is 8.73. The van der Waals surface area contributed by atoms with Crippen molar-refractivity contribution < 1.29 is 8.42 Å². The molecule has 2 aromatic heterocycles. The number of thiophene rings is 1. The van der Waals surface area contributed by atoms with Gasteiger partial charge in [-0.3, -0.25) is 4.68 Å². The van der Waals surface area contributed by atoms with E-state index < -0.39 is 10.0 Å². The van der Waals surface area contributed by atoms with Crippen LogP contribution >= 0.6 is 22.9 Å². The van der Waals surface area contributed by atoms with E-state index in [0.717, 1.165) is 28.3 Å². The molecule has 5 nitrogen and oxygen atoms in total. The van der Waals surface area contributed by atoms with Gasteiger partial charge in [0.05, 0.1) is 10.0 Å². The Balaban J connectivity index is 2.03. The van der Waals surface area contributed by atoms with E-state index in [2.05, 4.69) is 9.82 Å². The average molecular weight is 334 g/mol. The summed E-state index contributed by atoms with van der Waals surface area (Å²) < 4.78 is 29.2. The molecule has 0 aliphatic heterocycles. The van der Waals surface area contributed by atoms with Crippen molar-refractivity contribution in [3.63, 3.8) is 0 Å². The second-order valence-corrected chi connectivity index (χ2v) is 8.19. The first kappa shape index (κ1) is 15.5. The van der Waals surface area contributed by atoms with Crippen LogP contribution in [0, 0.1) is 13.8 Å². The van der Waals surface area contributed by atoms with Crippen LogP contribution < -0.4 is 4.72 Å². The maximum atomic E-state index is 12.0. The molecule has 2 aromatic rings. The van der Waals surface area contributed by atoms with E-state index in [1.165, 1.54) is 6.07 Å². The molecule has 0 bridgehead atoms. The van der Waals surface area contributed by atoms with Crippen LogP contribution in [0.5, 0.6) is 0 Å². The van der Waals surface area contributed by atoms with Crippen molar-refractivity contribution in [2.24, 2.45) is 7.05 Å². The van der Waals surface area contributed by atoms with Crippen molar-refractivity contribution >= 4 is 33.0 Å². The highest BCUT2D eigenvalue weighted by Gasteiger charge is 2.17. The Bertz CT molecular complexity index is 719. The van der Waals surface area contributed by atoms with E-state index in [1.54, 1.807) is 10.7 Å². The molecule has 2 rings (SSSR count). The number of nitrogens with one attached hydrogen (secondary N) is 1. The summed E-state index contributed by atoms with van der Waals surface area (Å²) >= 11 is 6.81. The summed E-state index contributed by atoms with van der Waals surface area (Å²) in [5, 5.41) is 4.31. The Hall–Kier alpha value is -0.890. The second kappa shape index (κ2) is 5.85. The summed E-state index contributed by atoms with van der Waals surface area (Å²) in [5.41, 5.74) is 3.07. The average Bonchev–Trinajstić information content (AvgIpc) is 2.89. The van der Waals surface area contributed by atoms with Gasteiger partial charge in [-0.15, -0.1) is 11.3 Å². The van der Waals surface area contributed by atoms with E-state index in [-0.39, 0.29) is 4.21 Å². The van der Waals surface area contributed by atoms with Crippen LogP contribution in [0.2, 0.25) is 4.34 Å². The minimum absolute atomic E-state index is 0.238. The zero-order valence-corrected chi connectivity index (χ0v) is 13.9. The van der Waals surface area contributed by atoms with Gasteiger partial charge < -0.3 is 0 Å². The predicted molar refractivity (Wildman–Crippen MR) is 80.9 cm³/mol. The van der Waals surface area contributed by atoms with Gasteiger partial charge in [-0.05, 0) is 38.0 Å². The predicted octanol–water partition coefficient (Wildman–Crippen LogP) is 2.27. The maximum absolute atomic E-state index is 12.0. The molecule has 0 aliphatic rings. The van der Waals surface area contributed by atoms with Crippen molar-refractivity contribution in [2.45, 2.75) is 24.5 Å². The number of halogens is 1. The Morgan fingerprint density at radius 3 is 2.60 bits per heavy atom. The molecule has 20 heavy (non-hydrogen) atoms. The largest absolute Gasteiger partial charge is 0.272 e. The third-order valence-electron chi connectivity index (χ3n) is 3.14. The van der Waals surface area contributed by atoms with Crippen molar-refractivity contribution in [1.29, 1.82) is 0 Å². The second-order valence-electron chi connectivity index (χ2n) is 4.48. The van der Waals surface area contributed by atoms with Crippen molar-refractivity contribution in [2.75, 3.05) is 6.54 Å². The zero-order chi connectivity index (χ0) is 14.9. The Morgan fingerprint density at radius 1 is 1.40 bits per heavy atom. The topological polar surface area (TPSA) is 64.0 Å². The Kier molecular flexibility index (Phi) is 4.53. The highest BCUT2D eigenvalue weighted by Crippen LogP contribution is 2.25. The summed E-state index contributed by atoms with van der Waals surface area (Å²) in [4.78, 5) is 0. The van der Waals surface area contributed by atoms with Crippen LogP contribution in [0.15, 0.2) is 16.3 Å². The molecule has 0 spiro atoms. The molecular weight excluding hydrogens is 318 g/mol. The number of aryl methyl sites for hydroxylation is 2. The fourth-order valence-electron chi connectivity index (χ4n) is 2.00. The third kappa shape index (κ3) is 3.22. The minimum Gasteiger partial charge on any atom is -0.272 e. The van der Waals surface area contributed by atoms with Gasteiger partial charge in [0.2, 0.25) is 10.0 Å². The fourth-order valence-corrected chi connectivity index (χ4v) is 4.56. The molecule has 110 valence electrons. The quantitative estimate of drug-likeness (QED) is 0.913. The number of hydrogen-bond donors (Lipinski definition) is 1. The van der Waals surface area contributed by atoms with E-state index in [1.807, 2.05) is 20.9 Å². The van der Waals surface area contributed by atoms with Crippen molar-refractivity contribution in [3.05, 3.63) is 33.4 Å². The van der Waals surface area contributed by atoms with Crippen LogP contribution in [0.25, 0.3) is 0 Å². The summed E-state index contributed by atoms with van der Waals surface area (Å²) in [6.45, 7) is 4.24. The van der Waals surface area contributed by atoms with Crippen molar-refractivity contribution in [3.8, 4) is 0 Å². The van der Waals surface area contributed by atoms with Gasteiger partial charge >= 0.3 is 0 Å². The number of rotatable bonds is 5. The first-order chi connectivity index (χ1) is 9.31. The van der Waals surface area contributed by atoms with Gasteiger partial charge in [-0.1, -0.05) is 11.6 Å². The smallest absolute Gasteiger partial charge is 0.250 e. The molecule has 0 fully saturated rings. The molecule has 2 heterocycles. The van der Waals surface area contributed by atoms with Crippen LogP contribution in [-0.2, 0) is 23.5 Å². The molecule has 0 amide bonds. The fraction of sp³-hybridized carbons (Fsp3) is 0.417. The van der Waals surface area contributed by atoms with E-state index in [4.69, 9.17) is 11.6 Å². The van der Waals surface area contributed by atoms with E-state index in [9.17, 15) is 8.42 Å². The maximum Gasteiger partial charge on any atom is 0.250 e. The zero-order valence-electron chi connectivity index (χ0n) is 11.5. The minimum atomic E-state index is -3.47. The number of aromatic nitrogens is 2.